The van der Waals surface area contributed by atoms with Crippen molar-refractivity contribution < 1.29 is 9.18 Å². The summed E-state index contributed by atoms with van der Waals surface area (Å²) in [6.07, 6.45) is 3.40. The highest BCUT2D eigenvalue weighted by Crippen LogP contribution is 2.29. The summed E-state index contributed by atoms with van der Waals surface area (Å²) in [6, 6.07) is 16.1. The van der Waals surface area contributed by atoms with Crippen LogP contribution in [0.1, 0.15) is 11.1 Å². The number of halogens is 2. The van der Waals surface area contributed by atoms with Crippen LogP contribution in [0.4, 0.5) is 4.39 Å². The number of carbonyl (C=O) groups excluding carboxylic acids is 1. The molecule has 0 spiro atoms. The molecule has 9 heteroatoms. The lowest BCUT2D eigenvalue weighted by atomic mass is 10.2. The van der Waals surface area contributed by atoms with Crippen molar-refractivity contribution in [2.45, 2.75) is 18.6 Å². The van der Waals surface area contributed by atoms with Crippen LogP contribution in [0.3, 0.4) is 0 Å². The number of aromatic nitrogens is 4. The van der Waals surface area contributed by atoms with E-state index in [1.54, 1.807) is 25.5 Å². The van der Waals surface area contributed by atoms with Gasteiger partial charge in [-0.3, -0.25) is 14.3 Å². The van der Waals surface area contributed by atoms with Crippen LogP contribution in [0.5, 0.6) is 0 Å². The average Bonchev–Trinajstić information content (AvgIpc) is 3.24. The first-order valence-corrected chi connectivity index (χ1v) is 11.5. The summed E-state index contributed by atoms with van der Waals surface area (Å²) in [5.41, 5.74) is 3.14. The summed E-state index contributed by atoms with van der Waals surface area (Å²) in [4.78, 5) is 18.3. The molecule has 1 amide bonds. The number of aryl methyl sites for hydroxylation is 1. The van der Waals surface area contributed by atoms with Gasteiger partial charge < -0.3 is 4.90 Å². The van der Waals surface area contributed by atoms with E-state index in [-0.39, 0.29) is 18.2 Å². The molecule has 2 aromatic carbocycles. The maximum atomic E-state index is 14.1. The van der Waals surface area contributed by atoms with Gasteiger partial charge in [0.15, 0.2) is 11.0 Å². The molecule has 0 unspecified atom stereocenters. The summed E-state index contributed by atoms with van der Waals surface area (Å²) < 4.78 is 16.1. The molecule has 0 atom stereocenters. The number of benzene rings is 2. The van der Waals surface area contributed by atoms with Gasteiger partial charge in [0, 0.05) is 42.1 Å². The minimum absolute atomic E-state index is 0.0810. The number of nitrogens with zero attached hydrogens (tertiary/aromatic N) is 5. The Balaban J connectivity index is 1.58. The summed E-state index contributed by atoms with van der Waals surface area (Å²) in [6.45, 7) is 2.09. The molecule has 0 aliphatic carbocycles. The summed E-state index contributed by atoms with van der Waals surface area (Å²) >= 11 is 7.38. The van der Waals surface area contributed by atoms with E-state index in [0.717, 1.165) is 16.8 Å². The SMILES string of the molecule is Cc1ccccc1-n1c(SCC(=O)N(C)Cc2c(F)cccc2Cl)nnc1-c1ccncc1. The average molecular weight is 482 g/mol. The van der Waals surface area contributed by atoms with E-state index < -0.39 is 5.82 Å². The highest BCUT2D eigenvalue weighted by atomic mass is 35.5. The molecule has 4 rings (SSSR count). The van der Waals surface area contributed by atoms with Gasteiger partial charge in [0.1, 0.15) is 5.82 Å². The van der Waals surface area contributed by atoms with Gasteiger partial charge in [-0.25, -0.2) is 4.39 Å². The highest BCUT2D eigenvalue weighted by molar-refractivity contribution is 7.99. The first-order valence-electron chi connectivity index (χ1n) is 10.2. The number of rotatable bonds is 7. The molecule has 168 valence electrons. The van der Waals surface area contributed by atoms with Crippen LogP contribution in [0, 0.1) is 12.7 Å². The van der Waals surface area contributed by atoms with Crippen molar-refractivity contribution in [3.05, 3.63) is 89.0 Å². The quantitative estimate of drug-likeness (QED) is 0.340. The maximum Gasteiger partial charge on any atom is 0.233 e. The third-order valence-electron chi connectivity index (χ3n) is 5.14. The Morgan fingerprint density at radius 3 is 2.58 bits per heavy atom. The Labute approximate surface area is 200 Å². The van der Waals surface area contributed by atoms with Gasteiger partial charge in [-0.1, -0.05) is 47.6 Å². The van der Waals surface area contributed by atoms with E-state index in [0.29, 0.717) is 21.6 Å². The lowest BCUT2D eigenvalue weighted by Crippen LogP contribution is -2.28. The number of amides is 1. The molecular formula is C24H21ClFN5OS. The van der Waals surface area contributed by atoms with Gasteiger partial charge in [0.05, 0.1) is 11.4 Å². The van der Waals surface area contributed by atoms with Gasteiger partial charge >= 0.3 is 0 Å². The Bertz CT molecular complexity index is 1260. The Hall–Kier alpha value is -3.23. The lowest BCUT2D eigenvalue weighted by molar-refractivity contribution is -0.127. The number of pyridine rings is 1. The van der Waals surface area contributed by atoms with Gasteiger partial charge in [-0.2, -0.15) is 0 Å². The zero-order valence-corrected chi connectivity index (χ0v) is 19.6. The lowest BCUT2D eigenvalue weighted by Gasteiger charge is -2.18. The molecule has 0 aliphatic rings. The predicted molar refractivity (Wildman–Crippen MR) is 128 cm³/mol. The molecule has 0 fully saturated rings. The summed E-state index contributed by atoms with van der Waals surface area (Å²) in [5, 5.41) is 9.63. The third-order valence-corrected chi connectivity index (χ3v) is 6.40. The van der Waals surface area contributed by atoms with Crippen LogP contribution in [0.15, 0.2) is 72.1 Å². The fraction of sp³-hybridized carbons (Fsp3) is 0.167. The van der Waals surface area contributed by atoms with Crippen LogP contribution >= 0.6 is 23.4 Å². The topological polar surface area (TPSA) is 63.9 Å². The van der Waals surface area contributed by atoms with Crippen LogP contribution in [-0.2, 0) is 11.3 Å². The Morgan fingerprint density at radius 1 is 1.09 bits per heavy atom. The Kier molecular flexibility index (Phi) is 7.05. The van der Waals surface area contributed by atoms with E-state index in [2.05, 4.69) is 15.2 Å². The van der Waals surface area contributed by atoms with Gasteiger partial charge in [-0.15, -0.1) is 10.2 Å². The normalized spacial score (nSPS) is 10.9. The minimum atomic E-state index is -0.434. The highest BCUT2D eigenvalue weighted by Gasteiger charge is 2.20. The van der Waals surface area contributed by atoms with E-state index in [1.165, 1.54) is 28.8 Å². The molecule has 0 aliphatic heterocycles. The number of hydrogen-bond donors (Lipinski definition) is 0. The number of para-hydroxylation sites is 1. The van der Waals surface area contributed by atoms with Crippen molar-refractivity contribution in [1.82, 2.24) is 24.6 Å². The van der Waals surface area contributed by atoms with E-state index in [4.69, 9.17) is 11.6 Å². The maximum absolute atomic E-state index is 14.1. The second-order valence-electron chi connectivity index (χ2n) is 7.40. The number of carbonyl (C=O) groups is 1. The second kappa shape index (κ2) is 10.1. The molecular weight excluding hydrogens is 461 g/mol. The standard InChI is InChI=1S/C24H21ClFN5OS/c1-16-6-3-4-9-21(16)31-23(17-10-12-27-13-11-17)28-29-24(31)33-15-22(32)30(2)14-18-19(25)7-5-8-20(18)26/h3-13H,14-15H2,1-2H3. The zero-order chi connectivity index (χ0) is 23.4. The van der Waals surface area contributed by atoms with Crippen molar-refractivity contribution in [3.8, 4) is 17.1 Å². The molecule has 6 nitrogen and oxygen atoms in total. The predicted octanol–water partition coefficient (Wildman–Crippen LogP) is 5.18. The molecule has 0 bridgehead atoms. The van der Waals surface area contributed by atoms with Gasteiger partial charge in [-0.05, 0) is 42.8 Å². The molecule has 4 aromatic rings. The minimum Gasteiger partial charge on any atom is -0.341 e. The largest absolute Gasteiger partial charge is 0.341 e. The molecule has 2 heterocycles. The van der Waals surface area contributed by atoms with E-state index in [9.17, 15) is 9.18 Å². The first kappa shape index (κ1) is 22.9. The zero-order valence-electron chi connectivity index (χ0n) is 18.1. The monoisotopic (exact) mass is 481 g/mol. The molecule has 33 heavy (non-hydrogen) atoms. The van der Waals surface area contributed by atoms with Crippen molar-refractivity contribution >= 4 is 29.3 Å². The second-order valence-corrected chi connectivity index (χ2v) is 8.75. The fourth-order valence-electron chi connectivity index (χ4n) is 3.33. The van der Waals surface area contributed by atoms with E-state index in [1.807, 2.05) is 47.9 Å². The van der Waals surface area contributed by atoms with Crippen LogP contribution in [0.2, 0.25) is 5.02 Å². The van der Waals surface area contributed by atoms with Crippen LogP contribution in [-0.4, -0.2) is 43.4 Å². The van der Waals surface area contributed by atoms with Crippen molar-refractivity contribution in [3.63, 3.8) is 0 Å². The molecule has 0 N–H and O–H groups in total. The molecule has 0 saturated heterocycles. The number of thioether (sulfide) groups is 1. The first-order chi connectivity index (χ1) is 16.0. The van der Waals surface area contributed by atoms with Crippen LogP contribution < -0.4 is 0 Å². The molecule has 0 radical (unpaired) electrons. The van der Waals surface area contributed by atoms with Crippen molar-refractivity contribution in [1.29, 1.82) is 0 Å². The van der Waals surface area contributed by atoms with Gasteiger partial charge in [0.2, 0.25) is 5.91 Å². The third kappa shape index (κ3) is 5.07. The van der Waals surface area contributed by atoms with Crippen LogP contribution in [0.25, 0.3) is 17.1 Å². The van der Waals surface area contributed by atoms with E-state index >= 15 is 0 Å². The summed E-state index contributed by atoms with van der Waals surface area (Å²) in [7, 11) is 1.63. The Morgan fingerprint density at radius 2 is 1.85 bits per heavy atom. The van der Waals surface area contributed by atoms with Crippen molar-refractivity contribution in [2.75, 3.05) is 12.8 Å². The smallest absolute Gasteiger partial charge is 0.233 e. The number of hydrogen-bond acceptors (Lipinski definition) is 5. The van der Waals surface area contributed by atoms with Gasteiger partial charge in [0.25, 0.3) is 0 Å². The fourth-order valence-corrected chi connectivity index (χ4v) is 4.44. The molecule has 2 aromatic heterocycles. The van der Waals surface area contributed by atoms with Crippen molar-refractivity contribution in [2.24, 2.45) is 0 Å². The summed E-state index contributed by atoms with van der Waals surface area (Å²) in [5.74, 6) is 0.163. The molecule has 0 saturated carbocycles.